The van der Waals surface area contributed by atoms with Crippen LogP contribution >= 0.6 is 27.5 Å². The van der Waals surface area contributed by atoms with E-state index in [0.29, 0.717) is 0 Å². The van der Waals surface area contributed by atoms with Crippen LogP contribution in [0.1, 0.15) is 22.1 Å². The van der Waals surface area contributed by atoms with Crippen LogP contribution in [0.5, 0.6) is 0 Å². The topological polar surface area (TPSA) is 0 Å². The van der Waals surface area contributed by atoms with E-state index >= 15 is 0 Å². The van der Waals surface area contributed by atoms with Crippen molar-refractivity contribution in [2.75, 3.05) is 0 Å². The minimum absolute atomic E-state index is 0.0225. The molecule has 0 heterocycles. The van der Waals surface area contributed by atoms with Gasteiger partial charge in [0, 0.05) is 4.47 Å². The van der Waals surface area contributed by atoms with Crippen LogP contribution in [0.3, 0.4) is 0 Å². The third kappa shape index (κ3) is 3.58. The van der Waals surface area contributed by atoms with Crippen molar-refractivity contribution in [3.63, 3.8) is 0 Å². The van der Waals surface area contributed by atoms with Crippen LogP contribution in [0.2, 0.25) is 0 Å². The van der Waals surface area contributed by atoms with Gasteiger partial charge in [0.15, 0.2) is 0 Å². The standard InChI is InChI=1S/C15H14BrCl/c1-11-4-2-5-12(8-11)9-15(17)13-6-3-7-14(16)10-13/h2-8,10,15H,9H2,1H3. The van der Waals surface area contributed by atoms with E-state index in [1.54, 1.807) is 0 Å². The number of hydrogen-bond acceptors (Lipinski definition) is 0. The van der Waals surface area contributed by atoms with Crippen molar-refractivity contribution in [3.8, 4) is 0 Å². The van der Waals surface area contributed by atoms with Gasteiger partial charge in [-0.05, 0) is 36.6 Å². The minimum Gasteiger partial charge on any atom is -0.117 e. The van der Waals surface area contributed by atoms with Gasteiger partial charge in [0.05, 0.1) is 5.38 Å². The van der Waals surface area contributed by atoms with Crippen LogP contribution in [0.25, 0.3) is 0 Å². The molecule has 0 saturated heterocycles. The zero-order valence-electron chi connectivity index (χ0n) is 9.66. The second kappa shape index (κ2) is 5.70. The van der Waals surface area contributed by atoms with E-state index in [0.717, 1.165) is 16.5 Å². The summed E-state index contributed by atoms with van der Waals surface area (Å²) in [6.45, 7) is 2.10. The van der Waals surface area contributed by atoms with Gasteiger partial charge in [0.2, 0.25) is 0 Å². The Hall–Kier alpha value is -0.790. The zero-order chi connectivity index (χ0) is 12.3. The highest BCUT2D eigenvalue weighted by Gasteiger charge is 2.09. The molecule has 0 saturated carbocycles. The van der Waals surface area contributed by atoms with E-state index in [1.165, 1.54) is 11.1 Å². The lowest BCUT2D eigenvalue weighted by Gasteiger charge is -2.10. The Morgan fingerprint density at radius 1 is 1.12 bits per heavy atom. The predicted molar refractivity (Wildman–Crippen MR) is 77.6 cm³/mol. The van der Waals surface area contributed by atoms with Crippen LogP contribution in [0, 0.1) is 6.92 Å². The summed E-state index contributed by atoms with van der Waals surface area (Å²) in [7, 11) is 0. The fourth-order valence-corrected chi connectivity index (χ4v) is 2.60. The van der Waals surface area contributed by atoms with Gasteiger partial charge in [0.1, 0.15) is 0 Å². The van der Waals surface area contributed by atoms with E-state index in [-0.39, 0.29) is 5.38 Å². The summed E-state index contributed by atoms with van der Waals surface area (Å²) in [5.74, 6) is 0. The van der Waals surface area contributed by atoms with Crippen molar-refractivity contribution in [2.45, 2.75) is 18.7 Å². The van der Waals surface area contributed by atoms with Crippen molar-refractivity contribution in [1.82, 2.24) is 0 Å². The summed E-state index contributed by atoms with van der Waals surface area (Å²) in [6, 6.07) is 16.7. The number of aryl methyl sites for hydroxylation is 1. The maximum absolute atomic E-state index is 6.44. The van der Waals surface area contributed by atoms with Gasteiger partial charge in [-0.1, -0.05) is 57.9 Å². The van der Waals surface area contributed by atoms with Gasteiger partial charge in [-0.2, -0.15) is 0 Å². The van der Waals surface area contributed by atoms with E-state index in [9.17, 15) is 0 Å². The number of halogens is 2. The summed E-state index contributed by atoms with van der Waals surface area (Å²) in [4.78, 5) is 0. The summed E-state index contributed by atoms with van der Waals surface area (Å²) < 4.78 is 1.07. The average Bonchev–Trinajstić information content (AvgIpc) is 2.29. The third-order valence-electron chi connectivity index (χ3n) is 2.71. The van der Waals surface area contributed by atoms with E-state index in [4.69, 9.17) is 11.6 Å². The first-order valence-corrected chi connectivity index (χ1v) is 6.83. The van der Waals surface area contributed by atoms with Crippen molar-refractivity contribution in [2.24, 2.45) is 0 Å². The normalized spacial score (nSPS) is 12.4. The van der Waals surface area contributed by atoms with Gasteiger partial charge in [-0.3, -0.25) is 0 Å². The molecule has 0 bridgehead atoms. The quantitative estimate of drug-likeness (QED) is 0.677. The Kier molecular flexibility index (Phi) is 4.25. The first-order valence-electron chi connectivity index (χ1n) is 5.60. The molecule has 2 aromatic rings. The second-order valence-electron chi connectivity index (χ2n) is 4.22. The molecule has 0 aliphatic carbocycles. The molecule has 2 rings (SSSR count). The van der Waals surface area contributed by atoms with Gasteiger partial charge in [-0.15, -0.1) is 11.6 Å². The lowest BCUT2D eigenvalue weighted by molar-refractivity contribution is 0.917. The molecule has 0 nitrogen and oxygen atoms in total. The Morgan fingerprint density at radius 3 is 2.59 bits per heavy atom. The number of rotatable bonds is 3. The minimum atomic E-state index is 0.0225. The van der Waals surface area contributed by atoms with Crippen molar-refractivity contribution < 1.29 is 0 Å². The second-order valence-corrected chi connectivity index (χ2v) is 5.66. The maximum Gasteiger partial charge on any atom is 0.0625 e. The first-order chi connectivity index (χ1) is 8.15. The summed E-state index contributed by atoms with van der Waals surface area (Å²) in [5, 5.41) is 0.0225. The van der Waals surface area contributed by atoms with Crippen molar-refractivity contribution >= 4 is 27.5 Å². The Labute approximate surface area is 116 Å². The molecule has 0 N–H and O–H groups in total. The zero-order valence-corrected chi connectivity index (χ0v) is 12.0. The fraction of sp³-hybridized carbons (Fsp3) is 0.200. The smallest absolute Gasteiger partial charge is 0.0625 e. The molecular weight excluding hydrogens is 296 g/mol. The lowest BCUT2D eigenvalue weighted by atomic mass is 10.0. The first kappa shape index (κ1) is 12.7. The summed E-state index contributed by atoms with van der Waals surface area (Å²) in [5.41, 5.74) is 3.72. The van der Waals surface area contributed by atoms with Crippen LogP contribution in [-0.2, 0) is 6.42 Å². The molecule has 88 valence electrons. The molecule has 0 aromatic heterocycles. The van der Waals surface area contributed by atoms with Crippen LogP contribution < -0.4 is 0 Å². The molecule has 2 aromatic carbocycles. The Morgan fingerprint density at radius 2 is 1.88 bits per heavy atom. The Balaban J connectivity index is 2.14. The molecule has 0 spiro atoms. The third-order valence-corrected chi connectivity index (χ3v) is 3.61. The number of benzene rings is 2. The number of alkyl halides is 1. The molecule has 2 heteroatoms. The highest BCUT2D eigenvalue weighted by atomic mass is 79.9. The van der Waals surface area contributed by atoms with E-state index in [1.807, 2.05) is 12.1 Å². The van der Waals surface area contributed by atoms with Crippen LogP contribution in [-0.4, -0.2) is 0 Å². The maximum atomic E-state index is 6.44. The highest BCUT2D eigenvalue weighted by molar-refractivity contribution is 9.10. The molecule has 17 heavy (non-hydrogen) atoms. The van der Waals surface area contributed by atoms with Gasteiger partial charge >= 0.3 is 0 Å². The molecule has 0 radical (unpaired) electrons. The molecule has 0 amide bonds. The van der Waals surface area contributed by atoms with E-state index in [2.05, 4.69) is 59.3 Å². The van der Waals surface area contributed by atoms with Gasteiger partial charge < -0.3 is 0 Å². The summed E-state index contributed by atoms with van der Waals surface area (Å²) in [6.07, 6.45) is 0.861. The van der Waals surface area contributed by atoms with Gasteiger partial charge in [-0.25, -0.2) is 0 Å². The SMILES string of the molecule is Cc1cccc(CC(Cl)c2cccc(Br)c2)c1. The van der Waals surface area contributed by atoms with Crippen LogP contribution in [0.4, 0.5) is 0 Å². The lowest BCUT2D eigenvalue weighted by Crippen LogP contribution is -1.96. The van der Waals surface area contributed by atoms with E-state index < -0.39 is 0 Å². The molecule has 1 unspecified atom stereocenters. The molecule has 0 aliphatic rings. The number of hydrogen-bond donors (Lipinski definition) is 0. The molecular formula is C15H14BrCl. The van der Waals surface area contributed by atoms with Gasteiger partial charge in [0.25, 0.3) is 0 Å². The molecule has 1 atom stereocenters. The fourth-order valence-electron chi connectivity index (χ4n) is 1.87. The summed E-state index contributed by atoms with van der Waals surface area (Å²) >= 11 is 9.91. The van der Waals surface area contributed by atoms with Crippen molar-refractivity contribution in [1.29, 1.82) is 0 Å². The molecule has 0 fully saturated rings. The largest absolute Gasteiger partial charge is 0.117 e. The predicted octanol–water partition coefficient (Wildman–Crippen LogP) is 5.28. The monoisotopic (exact) mass is 308 g/mol. The highest BCUT2D eigenvalue weighted by Crippen LogP contribution is 2.27. The Bertz CT molecular complexity index is 508. The van der Waals surface area contributed by atoms with Crippen molar-refractivity contribution in [3.05, 3.63) is 69.7 Å². The van der Waals surface area contributed by atoms with Crippen LogP contribution in [0.15, 0.2) is 53.0 Å². The average molecular weight is 310 g/mol. The molecule has 0 aliphatic heterocycles.